The van der Waals surface area contributed by atoms with Crippen molar-refractivity contribution in [3.05, 3.63) is 77.4 Å². The Morgan fingerprint density at radius 2 is 1.76 bits per heavy atom. The number of phenolic OH excluding ortho intramolecular Hbond substituents is 1. The molecule has 0 fully saturated rings. The number of ketones is 1. The van der Waals surface area contributed by atoms with Gasteiger partial charge in [0.2, 0.25) is 0 Å². The number of hydrazone groups is 2. The number of carbonyl (C=O) groups is 2. The molecule has 7 nitrogen and oxygen atoms in total. The van der Waals surface area contributed by atoms with Gasteiger partial charge in [0.15, 0.2) is 11.5 Å². The van der Waals surface area contributed by atoms with Gasteiger partial charge >= 0.3 is 5.91 Å². The van der Waals surface area contributed by atoms with Crippen LogP contribution < -0.4 is 10.4 Å². The first-order valence-electron chi connectivity index (χ1n) is 10.5. The molecule has 0 saturated carbocycles. The van der Waals surface area contributed by atoms with Gasteiger partial charge in [0.1, 0.15) is 5.75 Å². The average molecular weight is 441 g/mol. The van der Waals surface area contributed by atoms with Gasteiger partial charge in [-0.15, -0.1) is 0 Å². The maximum absolute atomic E-state index is 13.0. The minimum Gasteiger partial charge on any atom is -0.505 e. The number of carbonyl (C=O) groups excluding carboxylic acids is 2. The highest BCUT2D eigenvalue weighted by atomic mass is 16.3. The number of anilines is 2. The van der Waals surface area contributed by atoms with E-state index in [0.717, 1.165) is 11.1 Å². The Morgan fingerprint density at radius 3 is 2.48 bits per heavy atom. The molecule has 166 valence electrons. The summed E-state index contributed by atoms with van der Waals surface area (Å²) in [7, 11) is 0. The van der Waals surface area contributed by atoms with Crippen molar-refractivity contribution in [3.8, 4) is 16.9 Å². The molecule has 0 aliphatic carbocycles. The normalized spacial score (nSPS) is 14.5. The van der Waals surface area contributed by atoms with Crippen LogP contribution in [0.5, 0.6) is 5.75 Å². The molecular weight excluding hydrogens is 416 g/mol. The molecule has 0 unspecified atom stereocenters. The molecule has 0 radical (unpaired) electrons. The van der Waals surface area contributed by atoms with Gasteiger partial charge in [0.25, 0.3) is 0 Å². The van der Waals surface area contributed by atoms with Crippen molar-refractivity contribution < 1.29 is 14.7 Å². The molecule has 7 heteroatoms. The monoisotopic (exact) mass is 440 g/mol. The van der Waals surface area contributed by atoms with E-state index in [1.165, 1.54) is 11.9 Å². The predicted octanol–water partition coefficient (Wildman–Crippen LogP) is 5.07. The maximum atomic E-state index is 13.0. The first kappa shape index (κ1) is 22.0. The molecule has 0 atom stereocenters. The zero-order chi connectivity index (χ0) is 23.7. The summed E-state index contributed by atoms with van der Waals surface area (Å²) in [4.78, 5) is 24.7. The number of phenols is 1. The second-order valence-corrected chi connectivity index (χ2v) is 7.98. The molecule has 0 saturated heterocycles. The molecule has 3 aromatic rings. The average Bonchev–Trinajstić information content (AvgIpc) is 3.08. The van der Waals surface area contributed by atoms with E-state index in [1.54, 1.807) is 43.3 Å². The van der Waals surface area contributed by atoms with Gasteiger partial charge in [0.05, 0.1) is 17.1 Å². The van der Waals surface area contributed by atoms with Crippen LogP contribution in [0.15, 0.2) is 70.9 Å². The lowest BCUT2D eigenvalue weighted by Crippen LogP contribution is -2.28. The Morgan fingerprint density at radius 1 is 1.00 bits per heavy atom. The summed E-state index contributed by atoms with van der Waals surface area (Å²) in [5.74, 6) is -0.443. The van der Waals surface area contributed by atoms with E-state index in [0.29, 0.717) is 33.8 Å². The Bertz CT molecular complexity index is 1340. The van der Waals surface area contributed by atoms with E-state index >= 15 is 0 Å². The fourth-order valence-corrected chi connectivity index (χ4v) is 3.55. The quantitative estimate of drug-likeness (QED) is 0.329. The van der Waals surface area contributed by atoms with Crippen LogP contribution in [0.4, 0.5) is 11.4 Å². The smallest absolute Gasteiger partial charge is 0.301 e. The van der Waals surface area contributed by atoms with E-state index < -0.39 is 0 Å². The number of aryl methyl sites for hydroxylation is 2. The molecule has 1 aliphatic rings. The number of nitrogens with one attached hydrogen (secondary N) is 1. The van der Waals surface area contributed by atoms with E-state index in [9.17, 15) is 14.7 Å². The number of hydrogen-bond donors (Lipinski definition) is 2. The van der Waals surface area contributed by atoms with E-state index in [1.807, 2.05) is 38.1 Å². The SMILES string of the molecule is CC(=O)c1cccc(-c2cccc(NN=C3C(=O)N(c4ccc(C)c(C)c4)N=C3C)c2O)c1. The molecule has 3 aromatic carbocycles. The summed E-state index contributed by atoms with van der Waals surface area (Å²) in [5.41, 5.74) is 8.43. The van der Waals surface area contributed by atoms with Gasteiger partial charge in [-0.25, -0.2) is 0 Å². The third kappa shape index (κ3) is 4.25. The number of aromatic hydroxyl groups is 1. The van der Waals surface area contributed by atoms with Gasteiger partial charge in [-0.1, -0.05) is 36.4 Å². The number of rotatable bonds is 5. The number of Topliss-reactive ketones (excluding diaryl/α,β-unsaturated/α-hetero) is 1. The highest BCUT2D eigenvalue weighted by Gasteiger charge is 2.31. The molecule has 4 rings (SSSR count). The number of para-hydroxylation sites is 1. The summed E-state index contributed by atoms with van der Waals surface area (Å²) in [6.45, 7) is 7.20. The third-order valence-electron chi connectivity index (χ3n) is 5.63. The zero-order valence-corrected chi connectivity index (χ0v) is 18.9. The van der Waals surface area contributed by atoms with Gasteiger partial charge < -0.3 is 5.11 Å². The van der Waals surface area contributed by atoms with Crippen molar-refractivity contribution in [2.24, 2.45) is 10.2 Å². The lowest BCUT2D eigenvalue weighted by Gasteiger charge is -2.13. The fourth-order valence-electron chi connectivity index (χ4n) is 3.55. The van der Waals surface area contributed by atoms with Crippen molar-refractivity contribution in [2.45, 2.75) is 27.7 Å². The van der Waals surface area contributed by atoms with E-state index in [2.05, 4.69) is 15.6 Å². The van der Waals surface area contributed by atoms with Crippen molar-refractivity contribution in [2.75, 3.05) is 10.4 Å². The van der Waals surface area contributed by atoms with Crippen LogP contribution >= 0.6 is 0 Å². The van der Waals surface area contributed by atoms with E-state index in [4.69, 9.17) is 0 Å². The highest BCUT2D eigenvalue weighted by molar-refractivity contribution is 6.71. The minimum atomic E-state index is -0.354. The number of hydrogen-bond acceptors (Lipinski definition) is 6. The summed E-state index contributed by atoms with van der Waals surface area (Å²) >= 11 is 0. The van der Waals surface area contributed by atoms with Crippen molar-refractivity contribution in [1.29, 1.82) is 0 Å². The van der Waals surface area contributed by atoms with Crippen LogP contribution in [-0.2, 0) is 4.79 Å². The standard InChI is InChI=1S/C26H24N4O3/c1-15-11-12-21(13-16(15)2)30-26(33)24(17(3)29-30)28-27-23-10-6-9-22(25(23)32)20-8-5-7-19(14-20)18(4)31/h5-14,27,32H,1-4H3. The predicted molar refractivity (Wildman–Crippen MR) is 131 cm³/mol. The zero-order valence-electron chi connectivity index (χ0n) is 18.9. The summed E-state index contributed by atoms with van der Waals surface area (Å²) in [5, 5.41) is 20.7. The molecule has 2 N–H and O–H groups in total. The van der Waals surface area contributed by atoms with Crippen LogP contribution in [0.25, 0.3) is 11.1 Å². The second-order valence-electron chi connectivity index (χ2n) is 7.98. The fraction of sp³-hybridized carbons (Fsp3) is 0.154. The lowest BCUT2D eigenvalue weighted by molar-refractivity contribution is -0.112. The topological polar surface area (TPSA) is 94.4 Å². The largest absolute Gasteiger partial charge is 0.505 e. The number of amides is 1. The Balaban J connectivity index is 1.61. The molecule has 0 bridgehead atoms. The van der Waals surface area contributed by atoms with Crippen LogP contribution in [-0.4, -0.2) is 28.2 Å². The third-order valence-corrected chi connectivity index (χ3v) is 5.63. The molecular formula is C26H24N4O3. The van der Waals surface area contributed by atoms with Gasteiger partial charge in [-0.2, -0.15) is 15.2 Å². The van der Waals surface area contributed by atoms with E-state index in [-0.39, 0.29) is 23.2 Å². The molecule has 1 amide bonds. The van der Waals surface area contributed by atoms with Gasteiger partial charge in [-0.3, -0.25) is 15.0 Å². The Labute approximate surface area is 192 Å². The molecule has 33 heavy (non-hydrogen) atoms. The molecule has 0 aromatic heterocycles. The Hall–Kier alpha value is -4.26. The van der Waals surface area contributed by atoms with Crippen molar-refractivity contribution in [1.82, 2.24) is 0 Å². The maximum Gasteiger partial charge on any atom is 0.301 e. The first-order chi connectivity index (χ1) is 15.8. The lowest BCUT2D eigenvalue weighted by atomic mass is 10.0. The number of nitrogens with zero attached hydrogens (tertiary/aromatic N) is 3. The number of benzene rings is 3. The highest BCUT2D eigenvalue weighted by Crippen LogP contribution is 2.36. The van der Waals surface area contributed by atoms with Crippen molar-refractivity contribution >= 4 is 34.5 Å². The van der Waals surface area contributed by atoms with Crippen LogP contribution in [0.3, 0.4) is 0 Å². The molecule has 0 spiro atoms. The summed E-state index contributed by atoms with van der Waals surface area (Å²) in [6.07, 6.45) is 0. The van der Waals surface area contributed by atoms with Crippen LogP contribution in [0.2, 0.25) is 0 Å². The second kappa shape index (κ2) is 8.70. The van der Waals surface area contributed by atoms with Crippen LogP contribution in [0, 0.1) is 13.8 Å². The molecule has 1 heterocycles. The summed E-state index contributed by atoms with van der Waals surface area (Å²) < 4.78 is 0. The Kier molecular flexibility index (Phi) is 5.79. The van der Waals surface area contributed by atoms with Gasteiger partial charge in [0, 0.05) is 11.1 Å². The summed E-state index contributed by atoms with van der Waals surface area (Å²) in [6, 6.07) is 17.9. The van der Waals surface area contributed by atoms with Crippen LogP contribution in [0.1, 0.15) is 35.3 Å². The minimum absolute atomic E-state index is 0.0337. The van der Waals surface area contributed by atoms with Crippen molar-refractivity contribution in [3.63, 3.8) is 0 Å². The first-order valence-corrected chi connectivity index (χ1v) is 10.5. The molecule has 1 aliphatic heterocycles. The van der Waals surface area contributed by atoms with Gasteiger partial charge in [-0.05, 0) is 68.7 Å².